The summed E-state index contributed by atoms with van der Waals surface area (Å²) >= 11 is 0. The fourth-order valence-electron chi connectivity index (χ4n) is 4.22. The second-order valence-corrected chi connectivity index (χ2v) is 6.67. The Bertz CT molecular complexity index is 412. The summed E-state index contributed by atoms with van der Waals surface area (Å²) in [6.07, 6.45) is 12.1. The van der Waals surface area contributed by atoms with Crippen molar-refractivity contribution in [1.29, 1.82) is 0 Å². The fraction of sp³-hybridized carbons (Fsp3) is 0.667. The van der Waals surface area contributed by atoms with E-state index in [0.29, 0.717) is 6.04 Å². The number of nitrogens with two attached hydrogens (primary N) is 1. The van der Waals surface area contributed by atoms with E-state index < -0.39 is 0 Å². The van der Waals surface area contributed by atoms with Crippen LogP contribution in [0.2, 0.25) is 0 Å². The van der Waals surface area contributed by atoms with Crippen LogP contribution < -0.4 is 5.73 Å². The standard InChI is InChI=1S/C18H27N/c19-17-10-3-1-6-14(13-17)12-16-9-5-8-15-7-2-4-11-18(15)16/h2,4,7,11,14,16-17H,1,3,5-6,8-10,12-13,19H2. The quantitative estimate of drug-likeness (QED) is 0.781. The van der Waals surface area contributed by atoms with Crippen molar-refractivity contribution in [1.82, 2.24) is 0 Å². The van der Waals surface area contributed by atoms with E-state index in [1.807, 2.05) is 0 Å². The van der Waals surface area contributed by atoms with E-state index in [2.05, 4.69) is 24.3 Å². The molecular weight excluding hydrogens is 230 g/mol. The summed E-state index contributed by atoms with van der Waals surface area (Å²) in [5.74, 6) is 1.67. The molecule has 0 bridgehead atoms. The Hall–Kier alpha value is -0.820. The molecule has 0 radical (unpaired) electrons. The monoisotopic (exact) mass is 257 g/mol. The molecule has 104 valence electrons. The van der Waals surface area contributed by atoms with Crippen LogP contribution >= 0.6 is 0 Å². The molecule has 1 aromatic carbocycles. The molecular formula is C18H27N. The van der Waals surface area contributed by atoms with Crippen molar-refractivity contribution in [2.24, 2.45) is 11.7 Å². The number of hydrogen-bond donors (Lipinski definition) is 1. The van der Waals surface area contributed by atoms with E-state index in [4.69, 9.17) is 5.73 Å². The van der Waals surface area contributed by atoms with Gasteiger partial charge in [0.15, 0.2) is 0 Å². The Labute approximate surface area is 117 Å². The van der Waals surface area contributed by atoms with Crippen molar-refractivity contribution in [3.05, 3.63) is 35.4 Å². The fourth-order valence-corrected chi connectivity index (χ4v) is 4.22. The van der Waals surface area contributed by atoms with Gasteiger partial charge in [0.2, 0.25) is 0 Å². The Morgan fingerprint density at radius 2 is 1.84 bits per heavy atom. The summed E-state index contributed by atoms with van der Waals surface area (Å²) < 4.78 is 0. The molecule has 2 aliphatic rings. The first-order valence-electron chi connectivity index (χ1n) is 8.16. The number of benzene rings is 1. The molecule has 3 rings (SSSR count). The molecule has 0 aliphatic heterocycles. The molecule has 19 heavy (non-hydrogen) atoms. The van der Waals surface area contributed by atoms with E-state index >= 15 is 0 Å². The SMILES string of the molecule is NC1CCCCC(CC2CCCc3ccccc32)C1. The predicted octanol–water partition coefficient (Wildman–Crippen LogP) is 4.40. The minimum absolute atomic E-state index is 0.464. The highest BCUT2D eigenvalue weighted by Gasteiger charge is 2.25. The van der Waals surface area contributed by atoms with Gasteiger partial charge in [-0.05, 0) is 61.5 Å². The van der Waals surface area contributed by atoms with Gasteiger partial charge in [-0.3, -0.25) is 0 Å². The highest BCUT2D eigenvalue weighted by atomic mass is 14.6. The van der Waals surface area contributed by atoms with E-state index in [0.717, 1.165) is 11.8 Å². The molecule has 0 aromatic heterocycles. The maximum absolute atomic E-state index is 6.22. The van der Waals surface area contributed by atoms with Crippen LogP contribution in [0, 0.1) is 5.92 Å². The third-order valence-electron chi connectivity index (χ3n) is 5.18. The first kappa shape index (κ1) is 13.2. The molecule has 0 heterocycles. The number of hydrogen-bond acceptors (Lipinski definition) is 1. The molecule has 1 nitrogen and oxygen atoms in total. The second-order valence-electron chi connectivity index (χ2n) is 6.67. The van der Waals surface area contributed by atoms with Gasteiger partial charge >= 0.3 is 0 Å². The van der Waals surface area contributed by atoms with Crippen molar-refractivity contribution in [3.8, 4) is 0 Å². The maximum Gasteiger partial charge on any atom is 0.00414 e. The van der Waals surface area contributed by atoms with Gasteiger partial charge in [0.1, 0.15) is 0 Å². The molecule has 1 aromatic rings. The van der Waals surface area contributed by atoms with Gasteiger partial charge in [-0.1, -0.05) is 43.5 Å². The molecule has 0 spiro atoms. The molecule has 2 aliphatic carbocycles. The Morgan fingerprint density at radius 1 is 1.00 bits per heavy atom. The summed E-state index contributed by atoms with van der Waals surface area (Å²) in [5.41, 5.74) is 9.48. The third-order valence-corrected chi connectivity index (χ3v) is 5.18. The maximum atomic E-state index is 6.22. The topological polar surface area (TPSA) is 26.0 Å². The molecule has 1 fully saturated rings. The lowest BCUT2D eigenvalue weighted by molar-refractivity contribution is 0.354. The lowest BCUT2D eigenvalue weighted by Crippen LogP contribution is -2.23. The van der Waals surface area contributed by atoms with Crippen molar-refractivity contribution < 1.29 is 0 Å². The van der Waals surface area contributed by atoms with Gasteiger partial charge in [0.05, 0.1) is 0 Å². The summed E-state index contributed by atoms with van der Waals surface area (Å²) in [4.78, 5) is 0. The van der Waals surface area contributed by atoms with Crippen molar-refractivity contribution in [2.45, 2.75) is 69.7 Å². The summed E-state index contributed by atoms with van der Waals surface area (Å²) in [7, 11) is 0. The summed E-state index contributed by atoms with van der Waals surface area (Å²) in [5, 5.41) is 0. The first-order valence-corrected chi connectivity index (χ1v) is 8.16. The van der Waals surface area contributed by atoms with Gasteiger partial charge in [0, 0.05) is 6.04 Å². The first-order chi connectivity index (χ1) is 9.33. The zero-order chi connectivity index (χ0) is 13.1. The minimum Gasteiger partial charge on any atom is -0.328 e. The molecule has 2 N–H and O–H groups in total. The smallest absolute Gasteiger partial charge is 0.00414 e. The summed E-state index contributed by atoms with van der Waals surface area (Å²) in [6.45, 7) is 0. The van der Waals surface area contributed by atoms with E-state index in [1.165, 1.54) is 57.8 Å². The molecule has 0 amide bonds. The molecule has 0 saturated heterocycles. The number of fused-ring (bicyclic) bond motifs is 1. The Kier molecular flexibility index (Phi) is 4.22. The highest BCUT2D eigenvalue weighted by Crippen LogP contribution is 2.38. The Morgan fingerprint density at radius 3 is 2.79 bits per heavy atom. The lowest BCUT2D eigenvalue weighted by Gasteiger charge is -2.29. The van der Waals surface area contributed by atoms with Crippen molar-refractivity contribution >= 4 is 0 Å². The predicted molar refractivity (Wildman–Crippen MR) is 81.3 cm³/mol. The largest absolute Gasteiger partial charge is 0.328 e. The van der Waals surface area contributed by atoms with E-state index in [-0.39, 0.29) is 0 Å². The number of rotatable bonds is 2. The molecule has 1 saturated carbocycles. The minimum atomic E-state index is 0.464. The van der Waals surface area contributed by atoms with Crippen LogP contribution in [0.4, 0.5) is 0 Å². The van der Waals surface area contributed by atoms with E-state index in [1.54, 1.807) is 11.1 Å². The van der Waals surface area contributed by atoms with Crippen LogP contribution in [-0.2, 0) is 6.42 Å². The van der Waals surface area contributed by atoms with Crippen LogP contribution in [0.15, 0.2) is 24.3 Å². The normalized spacial score (nSPS) is 31.5. The van der Waals surface area contributed by atoms with Crippen LogP contribution in [0.5, 0.6) is 0 Å². The average molecular weight is 257 g/mol. The van der Waals surface area contributed by atoms with E-state index in [9.17, 15) is 0 Å². The van der Waals surface area contributed by atoms with Crippen LogP contribution in [0.25, 0.3) is 0 Å². The Balaban J connectivity index is 1.70. The molecule has 1 heteroatoms. The lowest BCUT2D eigenvalue weighted by atomic mass is 9.76. The van der Waals surface area contributed by atoms with Gasteiger partial charge in [-0.15, -0.1) is 0 Å². The average Bonchev–Trinajstić information content (AvgIpc) is 2.63. The zero-order valence-electron chi connectivity index (χ0n) is 12.0. The van der Waals surface area contributed by atoms with Crippen LogP contribution in [-0.4, -0.2) is 6.04 Å². The van der Waals surface area contributed by atoms with Gasteiger partial charge < -0.3 is 5.73 Å². The van der Waals surface area contributed by atoms with Crippen LogP contribution in [0.1, 0.15) is 68.4 Å². The van der Waals surface area contributed by atoms with Gasteiger partial charge in [-0.25, -0.2) is 0 Å². The van der Waals surface area contributed by atoms with Crippen molar-refractivity contribution in [3.63, 3.8) is 0 Å². The van der Waals surface area contributed by atoms with Crippen LogP contribution in [0.3, 0.4) is 0 Å². The van der Waals surface area contributed by atoms with Gasteiger partial charge in [-0.2, -0.15) is 0 Å². The van der Waals surface area contributed by atoms with Gasteiger partial charge in [0.25, 0.3) is 0 Å². The summed E-state index contributed by atoms with van der Waals surface area (Å²) in [6, 6.07) is 9.58. The van der Waals surface area contributed by atoms with Crippen molar-refractivity contribution in [2.75, 3.05) is 0 Å². The highest BCUT2D eigenvalue weighted by molar-refractivity contribution is 5.32. The molecule has 3 unspecified atom stereocenters. The second kappa shape index (κ2) is 6.09. The number of aryl methyl sites for hydroxylation is 1. The molecule has 3 atom stereocenters. The zero-order valence-corrected chi connectivity index (χ0v) is 12.0. The third kappa shape index (κ3) is 3.20.